The zero-order valence-electron chi connectivity index (χ0n) is 36.9. The zero-order chi connectivity index (χ0) is 44.0. The summed E-state index contributed by atoms with van der Waals surface area (Å²) in [6.45, 7) is 6.44. The van der Waals surface area contributed by atoms with Crippen LogP contribution in [-0.4, -0.2) is 23.7 Å². The van der Waals surface area contributed by atoms with Crippen molar-refractivity contribution in [2.75, 3.05) is 0 Å². The third-order valence-corrected chi connectivity index (χ3v) is 13.5. The van der Waals surface area contributed by atoms with E-state index in [2.05, 4.69) is 241 Å². The lowest BCUT2D eigenvalue weighted by Crippen LogP contribution is -2.00. The summed E-state index contributed by atoms with van der Waals surface area (Å²) in [4.78, 5) is 10.3. The molecule has 0 amide bonds. The summed E-state index contributed by atoms with van der Waals surface area (Å²) in [5.74, 6) is 0.713. The third-order valence-electron chi connectivity index (χ3n) is 13.5. The van der Waals surface area contributed by atoms with E-state index in [1.807, 2.05) is 0 Å². The van der Waals surface area contributed by atoms with Gasteiger partial charge in [-0.2, -0.15) is 0 Å². The first kappa shape index (κ1) is 38.0. The molecule has 66 heavy (non-hydrogen) atoms. The molecule has 0 N–H and O–H groups in total. The molecule has 13 aromatic rings. The van der Waals surface area contributed by atoms with Crippen LogP contribution in [0.5, 0.6) is 0 Å². The van der Waals surface area contributed by atoms with Crippen molar-refractivity contribution in [1.29, 1.82) is 0 Å². The Morgan fingerprint density at radius 3 is 1.15 bits per heavy atom. The van der Waals surface area contributed by atoms with Gasteiger partial charge in [0.1, 0.15) is 0 Å². The van der Waals surface area contributed by atoms with Gasteiger partial charge in [-0.1, -0.05) is 139 Å². The molecular weight excluding hydrogens is 803 g/mol. The Bertz CT molecular complexity index is 3730. The Morgan fingerprint density at radius 1 is 0.303 bits per heavy atom. The van der Waals surface area contributed by atoms with Crippen molar-refractivity contribution in [3.05, 3.63) is 223 Å². The fourth-order valence-electron chi connectivity index (χ4n) is 10.3. The molecule has 0 aliphatic rings. The minimum absolute atomic E-state index is 0.713. The van der Waals surface area contributed by atoms with Gasteiger partial charge in [0.15, 0.2) is 5.82 Å². The first-order valence-corrected chi connectivity index (χ1v) is 22.7. The number of aromatic nitrogens is 5. The van der Waals surface area contributed by atoms with Gasteiger partial charge in [-0.15, -0.1) is 0 Å². The smallest absolute Gasteiger partial charge is 0.160 e. The molecule has 0 aliphatic heterocycles. The van der Waals surface area contributed by atoms with Gasteiger partial charge in [-0.25, -0.2) is 9.97 Å². The Morgan fingerprint density at radius 2 is 0.697 bits per heavy atom. The molecule has 312 valence electrons. The first-order chi connectivity index (χ1) is 32.4. The number of benzene rings is 9. The van der Waals surface area contributed by atoms with E-state index in [1.165, 1.54) is 65.5 Å². The Labute approximate surface area is 382 Å². The highest BCUT2D eigenvalue weighted by atomic mass is 15.0. The van der Waals surface area contributed by atoms with Gasteiger partial charge in [0.05, 0.1) is 44.5 Å². The standard InChI is InChI=1S/C61H43N5/c1-38-20-24-41(25-21-38)52-37-53(63-61(62-52)42-26-22-39(2)23-27-42)43-28-31-54(40(3)34-43)66-59-32-29-44(64-55-16-8-4-12-46(55)47-13-5-9-17-56(47)64)35-50(59)51-36-45(30-33-60(51)66)65-57-18-10-6-14-48(57)49-15-7-11-19-58(49)65/h4-37H,1-3H3. The lowest BCUT2D eigenvalue weighted by atomic mass is 10.0. The van der Waals surface area contributed by atoms with Crippen LogP contribution in [0.25, 0.3) is 116 Å². The van der Waals surface area contributed by atoms with Crippen LogP contribution >= 0.6 is 0 Å². The Hall–Kier alpha value is -8.54. The van der Waals surface area contributed by atoms with Crippen LogP contribution in [0.15, 0.2) is 206 Å². The highest BCUT2D eigenvalue weighted by molar-refractivity contribution is 6.14. The van der Waals surface area contributed by atoms with Crippen molar-refractivity contribution < 1.29 is 0 Å². The molecule has 0 atom stereocenters. The summed E-state index contributed by atoms with van der Waals surface area (Å²) < 4.78 is 7.29. The Balaban J connectivity index is 1.02. The van der Waals surface area contributed by atoms with E-state index in [0.29, 0.717) is 5.82 Å². The zero-order valence-corrected chi connectivity index (χ0v) is 36.9. The van der Waals surface area contributed by atoms with Gasteiger partial charge < -0.3 is 13.7 Å². The van der Waals surface area contributed by atoms with Crippen LogP contribution in [0, 0.1) is 20.8 Å². The highest BCUT2D eigenvalue weighted by Gasteiger charge is 2.20. The van der Waals surface area contributed by atoms with Crippen LogP contribution in [-0.2, 0) is 0 Å². The van der Waals surface area contributed by atoms with Crippen LogP contribution in [0.3, 0.4) is 0 Å². The van der Waals surface area contributed by atoms with Crippen LogP contribution in [0.2, 0.25) is 0 Å². The number of hydrogen-bond acceptors (Lipinski definition) is 2. The highest BCUT2D eigenvalue weighted by Crippen LogP contribution is 2.40. The number of aryl methyl sites for hydroxylation is 3. The molecule has 4 aromatic heterocycles. The number of fused-ring (bicyclic) bond motifs is 9. The molecule has 0 spiro atoms. The average Bonchev–Trinajstić information content (AvgIpc) is 3.99. The van der Waals surface area contributed by atoms with E-state index in [4.69, 9.17) is 9.97 Å². The average molecular weight is 846 g/mol. The lowest BCUT2D eigenvalue weighted by Gasteiger charge is -2.15. The van der Waals surface area contributed by atoms with Crippen molar-refractivity contribution in [1.82, 2.24) is 23.7 Å². The summed E-state index contributed by atoms with van der Waals surface area (Å²) in [6, 6.07) is 74.9. The van der Waals surface area contributed by atoms with Gasteiger partial charge in [-0.05, 0) is 105 Å². The molecule has 4 heterocycles. The SMILES string of the molecule is Cc1ccc(-c2cc(-c3ccc(-n4c5ccc(-n6c7ccccc7c7ccccc76)cc5c5cc(-n6c7ccccc7c7ccccc76)ccc54)c(C)c3)nc(-c3ccc(C)cc3)n2)cc1. The molecule has 5 heteroatoms. The summed E-state index contributed by atoms with van der Waals surface area (Å²) in [7, 11) is 0. The van der Waals surface area contributed by atoms with Crippen LogP contribution in [0.1, 0.15) is 16.7 Å². The summed E-state index contributed by atoms with van der Waals surface area (Å²) in [6.07, 6.45) is 0. The molecule has 0 saturated heterocycles. The van der Waals surface area contributed by atoms with E-state index in [-0.39, 0.29) is 0 Å². The second kappa shape index (κ2) is 14.8. The molecule has 0 aliphatic carbocycles. The molecule has 5 nitrogen and oxygen atoms in total. The predicted molar refractivity (Wildman–Crippen MR) is 276 cm³/mol. The van der Waals surface area contributed by atoms with Gasteiger partial charge in [0.2, 0.25) is 0 Å². The summed E-state index contributed by atoms with van der Waals surface area (Å²) in [5.41, 5.74) is 18.9. The third kappa shape index (κ3) is 5.94. The first-order valence-electron chi connectivity index (χ1n) is 22.7. The molecule has 13 rings (SSSR count). The van der Waals surface area contributed by atoms with Crippen molar-refractivity contribution in [2.45, 2.75) is 20.8 Å². The van der Waals surface area contributed by atoms with Gasteiger partial charge in [0, 0.05) is 66.1 Å². The van der Waals surface area contributed by atoms with Crippen molar-refractivity contribution in [2.24, 2.45) is 0 Å². The van der Waals surface area contributed by atoms with Crippen LogP contribution in [0.4, 0.5) is 0 Å². The summed E-state index contributed by atoms with van der Waals surface area (Å²) >= 11 is 0. The van der Waals surface area contributed by atoms with Gasteiger partial charge in [0.25, 0.3) is 0 Å². The van der Waals surface area contributed by atoms with E-state index < -0.39 is 0 Å². The number of para-hydroxylation sites is 4. The second-order valence-electron chi connectivity index (χ2n) is 17.7. The number of rotatable bonds is 6. The fourth-order valence-corrected chi connectivity index (χ4v) is 10.3. The minimum Gasteiger partial charge on any atom is -0.309 e. The normalized spacial score (nSPS) is 11.9. The molecular formula is C61H43N5. The van der Waals surface area contributed by atoms with E-state index in [9.17, 15) is 0 Å². The largest absolute Gasteiger partial charge is 0.309 e. The minimum atomic E-state index is 0.713. The Kier molecular flexibility index (Phi) is 8.49. The molecule has 0 bridgehead atoms. The van der Waals surface area contributed by atoms with Crippen molar-refractivity contribution >= 4 is 65.4 Å². The quantitative estimate of drug-likeness (QED) is 0.167. The van der Waals surface area contributed by atoms with E-state index in [0.717, 1.165) is 61.7 Å². The molecule has 0 radical (unpaired) electrons. The topological polar surface area (TPSA) is 40.6 Å². The maximum atomic E-state index is 5.21. The van der Waals surface area contributed by atoms with Crippen molar-refractivity contribution in [3.63, 3.8) is 0 Å². The van der Waals surface area contributed by atoms with Gasteiger partial charge >= 0.3 is 0 Å². The van der Waals surface area contributed by atoms with Crippen LogP contribution < -0.4 is 0 Å². The number of nitrogens with zero attached hydrogens (tertiary/aromatic N) is 5. The summed E-state index contributed by atoms with van der Waals surface area (Å²) in [5, 5.41) is 7.39. The molecule has 0 saturated carbocycles. The second-order valence-corrected chi connectivity index (χ2v) is 17.7. The van der Waals surface area contributed by atoms with E-state index in [1.54, 1.807) is 0 Å². The predicted octanol–water partition coefficient (Wildman–Crippen LogP) is 15.7. The van der Waals surface area contributed by atoms with Crippen molar-refractivity contribution in [3.8, 4) is 51.0 Å². The number of hydrogen-bond donors (Lipinski definition) is 0. The lowest BCUT2D eigenvalue weighted by molar-refractivity contribution is 1.14. The fraction of sp³-hybridized carbons (Fsp3) is 0.0492. The maximum Gasteiger partial charge on any atom is 0.160 e. The molecule has 0 unspecified atom stereocenters. The monoisotopic (exact) mass is 845 g/mol. The molecule has 0 fully saturated rings. The maximum absolute atomic E-state index is 5.21. The van der Waals surface area contributed by atoms with E-state index >= 15 is 0 Å². The molecule has 9 aromatic carbocycles. The van der Waals surface area contributed by atoms with Gasteiger partial charge in [-0.3, -0.25) is 0 Å².